The maximum atomic E-state index is 12.7. The summed E-state index contributed by atoms with van der Waals surface area (Å²) < 4.78 is 12.7. The van der Waals surface area contributed by atoms with Crippen LogP contribution in [0.15, 0.2) is 24.3 Å². The van der Waals surface area contributed by atoms with Gasteiger partial charge in [0.25, 0.3) is 0 Å². The first-order chi connectivity index (χ1) is 8.58. The molecule has 2 amide bonds. The molecule has 0 bridgehead atoms. The van der Waals surface area contributed by atoms with Crippen LogP contribution in [0.5, 0.6) is 0 Å². The third kappa shape index (κ3) is 2.73. The summed E-state index contributed by atoms with van der Waals surface area (Å²) >= 11 is 0. The van der Waals surface area contributed by atoms with E-state index in [1.807, 2.05) is 0 Å². The molecule has 1 unspecified atom stereocenters. The highest BCUT2D eigenvalue weighted by atomic mass is 19.1. The number of amides is 2. The second-order valence-corrected chi connectivity index (χ2v) is 4.39. The van der Waals surface area contributed by atoms with Gasteiger partial charge in [-0.05, 0) is 24.1 Å². The van der Waals surface area contributed by atoms with Crippen molar-refractivity contribution in [2.75, 3.05) is 7.05 Å². The molecule has 1 N–H and O–H groups in total. The van der Waals surface area contributed by atoms with Crippen molar-refractivity contribution in [1.29, 1.82) is 0 Å². The molecule has 1 fully saturated rings. The molecule has 1 aliphatic heterocycles. The number of halogens is 1. The number of likely N-dealkylation sites (N-methyl/N-ethyl adjacent to an activating group) is 1. The Balaban J connectivity index is 1.92. The first kappa shape index (κ1) is 12.7. The minimum atomic E-state index is -0.335. The Morgan fingerprint density at radius 1 is 1.33 bits per heavy atom. The fraction of sp³-hybridized carbons (Fsp3) is 0.385. The van der Waals surface area contributed by atoms with Crippen molar-refractivity contribution < 1.29 is 14.0 Å². The van der Waals surface area contributed by atoms with Gasteiger partial charge < -0.3 is 5.32 Å². The number of carbonyl (C=O) groups excluding carboxylic acids is 2. The summed E-state index contributed by atoms with van der Waals surface area (Å²) in [5, 5.41) is 3.09. The number of carbonyl (C=O) groups is 2. The summed E-state index contributed by atoms with van der Waals surface area (Å²) in [4.78, 5) is 24.2. The summed E-state index contributed by atoms with van der Waals surface area (Å²) in [6.45, 7) is 0.485. The quantitative estimate of drug-likeness (QED) is 0.816. The number of imide groups is 1. The average Bonchev–Trinajstić information content (AvgIpc) is 2.37. The molecule has 1 atom stereocenters. The summed E-state index contributed by atoms with van der Waals surface area (Å²) in [5.41, 5.74) is 0.906. The van der Waals surface area contributed by atoms with E-state index in [4.69, 9.17) is 0 Å². The second-order valence-electron chi connectivity index (χ2n) is 4.39. The van der Waals surface area contributed by atoms with E-state index in [2.05, 4.69) is 5.32 Å². The standard InChI is InChI=1S/C13H15FN2O2/c1-16-12(17)7-6-11(13(16)18)15-8-9-2-4-10(14)5-3-9/h2-5,11,15H,6-8H2,1H3. The molecule has 0 spiro atoms. The van der Waals surface area contributed by atoms with Crippen molar-refractivity contribution in [2.24, 2.45) is 0 Å². The fourth-order valence-electron chi connectivity index (χ4n) is 1.95. The number of hydrogen-bond acceptors (Lipinski definition) is 3. The van der Waals surface area contributed by atoms with Crippen LogP contribution in [-0.2, 0) is 16.1 Å². The molecule has 0 radical (unpaired) electrons. The van der Waals surface area contributed by atoms with Gasteiger partial charge in [0.1, 0.15) is 5.82 Å². The van der Waals surface area contributed by atoms with Crippen LogP contribution in [0.3, 0.4) is 0 Å². The highest BCUT2D eigenvalue weighted by Crippen LogP contribution is 2.12. The lowest BCUT2D eigenvalue weighted by atomic mass is 10.0. The van der Waals surface area contributed by atoms with Gasteiger partial charge in [-0.2, -0.15) is 0 Å². The molecule has 1 aliphatic rings. The van der Waals surface area contributed by atoms with E-state index >= 15 is 0 Å². The molecule has 1 aromatic rings. The predicted octanol–water partition coefficient (Wildman–Crippen LogP) is 1.06. The fourth-order valence-corrected chi connectivity index (χ4v) is 1.95. The number of nitrogens with zero attached hydrogens (tertiary/aromatic N) is 1. The zero-order valence-corrected chi connectivity index (χ0v) is 10.1. The van der Waals surface area contributed by atoms with E-state index in [0.717, 1.165) is 10.5 Å². The van der Waals surface area contributed by atoms with Gasteiger partial charge in [-0.15, -0.1) is 0 Å². The Bertz CT molecular complexity index is 459. The minimum Gasteiger partial charge on any atom is -0.302 e. The smallest absolute Gasteiger partial charge is 0.246 e. The average molecular weight is 250 g/mol. The molecule has 18 heavy (non-hydrogen) atoms. The highest BCUT2D eigenvalue weighted by Gasteiger charge is 2.31. The maximum Gasteiger partial charge on any atom is 0.246 e. The molecule has 0 saturated carbocycles. The molecule has 2 rings (SSSR count). The Morgan fingerprint density at radius 2 is 2.00 bits per heavy atom. The summed E-state index contributed by atoms with van der Waals surface area (Å²) in [5.74, 6) is -0.619. The second kappa shape index (κ2) is 5.27. The molecule has 4 nitrogen and oxygen atoms in total. The molecule has 1 saturated heterocycles. The van der Waals surface area contributed by atoms with E-state index in [0.29, 0.717) is 19.4 Å². The van der Waals surface area contributed by atoms with Gasteiger partial charge in [-0.3, -0.25) is 14.5 Å². The van der Waals surface area contributed by atoms with Crippen molar-refractivity contribution in [1.82, 2.24) is 10.2 Å². The molecule has 0 aliphatic carbocycles. The maximum absolute atomic E-state index is 12.7. The Kier molecular flexibility index (Phi) is 3.72. The number of nitrogens with one attached hydrogen (secondary N) is 1. The van der Waals surface area contributed by atoms with Gasteiger partial charge in [0, 0.05) is 20.0 Å². The Labute approximate surface area is 105 Å². The zero-order valence-electron chi connectivity index (χ0n) is 10.1. The van der Waals surface area contributed by atoms with Gasteiger partial charge in [-0.25, -0.2) is 4.39 Å². The van der Waals surface area contributed by atoms with Gasteiger partial charge in [0.2, 0.25) is 11.8 Å². The van der Waals surface area contributed by atoms with E-state index in [1.165, 1.54) is 19.2 Å². The van der Waals surface area contributed by atoms with E-state index in [-0.39, 0.29) is 23.7 Å². The molecule has 5 heteroatoms. The van der Waals surface area contributed by atoms with Crippen LogP contribution in [-0.4, -0.2) is 29.8 Å². The first-order valence-electron chi connectivity index (χ1n) is 5.86. The Hall–Kier alpha value is -1.75. The van der Waals surface area contributed by atoms with Crippen molar-refractivity contribution in [3.05, 3.63) is 35.6 Å². The van der Waals surface area contributed by atoms with Crippen LogP contribution in [0.25, 0.3) is 0 Å². The van der Waals surface area contributed by atoms with Crippen molar-refractivity contribution >= 4 is 11.8 Å². The first-order valence-corrected chi connectivity index (χ1v) is 5.86. The molecular formula is C13H15FN2O2. The van der Waals surface area contributed by atoms with Gasteiger partial charge >= 0.3 is 0 Å². The lowest BCUT2D eigenvalue weighted by Crippen LogP contribution is -2.51. The van der Waals surface area contributed by atoms with Crippen LogP contribution in [0.4, 0.5) is 4.39 Å². The van der Waals surface area contributed by atoms with E-state index in [9.17, 15) is 14.0 Å². The lowest BCUT2D eigenvalue weighted by molar-refractivity contribution is -0.148. The third-order valence-corrected chi connectivity index (χ3v) is 3.12. The van der Waals surface area contributed by atoms with Crippen LogP contribution in [0.1, 0.15) is 18.4 Å². The number of likely N-dealkylation sites (tertiary alicyclic amines) is 1. The summed E-state index contributed by atoms with van der Waals surface area (Å²) in [6, 6.07) is 5.78. The molecule has 0 aromatic heterocycles. The van der Waals surface area contributed by atoms with Crippen molar-refractivity contribution in [3.8, 4) is 0 Å². The van der Waals surface area contributed by atoms with E-state index in [1.54, 1.807) is 12.1 Å². The monoisotopic (exact) mass is 250 g/mol. The third-order valence-electron chi connectivity index (χ3n) is 3.12. The van der Waals surface area contributed by atoms with E-state index < -0.39 is 0 Å². The van der Waals surface area contributed by atoms with Crippen LogP contribution in [0, 0.1) is 5.82 Å². The number of piperidine rings is 1. The topological polar surface area (TPSA) is 49.4 Å². The largest absolute Gasteiger partial charge is 0.302 e. The Morgan fingerprint density at radius 3 is 2.67 bits per heavy atom. The van der Waals surface area contributed by atoms with Gasteiger partial charge in [0.15, 0.2) is 0 Å². The SMILES string of the molecule is CN1C(=O)CCC(NCc2ccc(F)cc2)C1=O. The molecule has 1 aromatic carbocycles. The van der Waals surface area contributed by atoms with Crippen molar-refractivity contribution in [3.63, 3.8) is 0 Å². The number of rotatable bonds is 3. The lowest BCUT2D eigenvalue weighted by Gasteiger charge is -2.28. The number of hydrogen-bond donors (Lipinski definition) is 1. The van der Waals surface area contributed by atoms with Crippen LogP contribution < -0.4 is 5.32 Å². The van der Waals surface area contributed by atoms with Gasteiger partial charge in [-0.1, -0.05) is 12.1 Å². The molecule has 1 heterocycles. The summed E-state index contributed by atoms with van der Waals surface area (Å²) in [6.07, 6.45) is 0.895. The highest BCUT2D eigenvalue weighted by molar-refractivity contribution is 6.00. The van der Waals surface area contributed by atoms with Crippen LogP contribution >= 0.6 is 0 Å². The van der Waals surface area contributed by atoms with Gasteiger partial charge in [0.05, 0.1) is 6.04 Å². The molecule has 96 valence electrons. The van der Waals surface area contributed by atoms with Crippen LogP contribution in [0.2, 0.25) is 0 Å². The normalized spacial score (nSPS) is 20.3. The predicted molar refractivity (Wildman–Crippen MR) is 64.0 cm³/mol. The van der Waals surface area contributed by atoms with Crippen molar-refractivity contribution in [2.45, 2.75) is 25.4 Å². The summed E-state index contributed by atoms with van der Waals surface area (Å²) in [7, 11) is 1.50. The zero-order chi connectivity index (χ0) is 13.1. The molecular weight excluding hydrogens is 235 g/mol. The minimum absolute atomic E-state index is 0.139. The number of benzene rings is 1.